The minimum Gasteiger partial charge on any atom is -0.544 e. The minimum atomic E-state index is -4.41. The maximum Gasteiger partial charge on any atom is 0.338 e. The van der Waals surface area contributed by atoms with Gasteiger partial charge in [-0.15, -0.1) is 0 Å². The molecule has 0 aliphatic rings. The summed E-state index contributed by atoms with van der Waals surface area (Å²) in [5.74, 6) is -8.33. The van der Waals surface area contributed by atoms with Crippen LogP contribution in [0, 0.1) is 0 Å². The van der Waals surface area contributed by atoms with Gasteiger partial charge in [-0.2, -0.15) is 8.78 Å². The summed E-state index contributed by atoms with van der Waals surface area (Å²) < 4.78 is 32.4. The number of aromatic hydroxyl groups is 1. The van der Waals surface area contributed by atoms with E-state index in [0.717, 1.165) is 12.1 Å². The highest BCUT2D eigenvalue weighted by Gasteiger charge is 2.45. The van der Waals surface area contributed by atoms with Crippen molar-refractivity contribution in [3.63, 3.8) is 0 Å². The summed E-state index contributed by atoms with van der Waals surface area (Å²) in [6.07, 6.45) is -2.34. The lowest BCUT2D eigenvalue weighted by Gasteiger charge is -2.27. The Bertz CT molecular complexity index is 698. The molecule has 23 heavy (non-hydrogen) atoms. The van der Waals surface area contributed by atoms with Crippen molar-refractivity contribution < 1.29 is 33.3 Å². The topological polar surface area (TPSA) is 86.7 Å². The smallest absolute Gasteiger partial charge is 0.338 e. The normalized spacial score (nSPS) is 12.4. The fraction of sp³-hybridized carbons (Fsp3) is 0.125. The van der Waals surface area contributed by atoms with Crippen molar-refractivity contribution in [2.45, 2.75) is 12.0 Å². The Morgan fingerprint density at radius 2 is 1.61 bits per heavy atom. The van der Waals surface area contributed by atoms with Crippen molar-refractivity contribution in [2.75, 3.05) is 0 Å². The maximum atomic E-state index is 13.9. The number of carbonyl (C=O) groups is 2. The predicted octanol–water partition coefficient (Wildman–Crippen LogP) is 1.68. The van der Waals surface area contributed by atoms with E-state index < -0.39 is 24.0 Å². The lowest BCUT2D eigenvalue weighted by atomic mass is 10.0. The van der Waals surface area contributed by atoms with Crippen LogP contribution in [0.2, 0.25) is 0 Å². The number of alkyl halides is 2. The van der Waals surface area contributed by atoms with Crippen LogP contribution < -0.4 is 5.11 Å². The lowest BCUT2D eigenvalue weighted by molar-refractivity contribution is -0.336. The van der Waals surface area contributed by atoms with Crippen LogP contribution in [0.15, 0.2) is 54.6 Å². The number of hydrogen-bond acceptors (Lipinski definition) is 5. The highest BCUT2D eigenvalue weighted by Crippen LogP contribution is 2.35. The Kier molecular flexibility index (Phi) is 4.59. The SMILES string of the molecule is O=C(OC(c1ccccc1)C(F)(F)C(=O)[O-])c1ccc(O)cc1. The molecule has 0 spiro atoms. The number of phenolic OH excluding ortho intramolecular Hbond substituents is 1. The van der Waals surface area contributed by atoms with Gasteiger partial charge in [0.1, 0.15) is 11.7 Å². The van der Waals surface area contributed by atoms with Crippen LogP contribution in [-0.2, 0) is 9.53 Å². The van der Waals surface area contributed by atoms with Gasteiger partial charge in [-0.1, -0.05) is 30.3 Å². The predicted molar refractivity (Wildman–Crippen MR) is 72.7 cm³/mol. The fourth-order valence-corrected chi connectivity index (χ4v) is 1.86. The van der Waals surface area contributed by atoms with Crippen LogP contribution in [0.5, 0.6) is 5.75 Å². The first-order valence-corrected chi connectivity index (χ1v) is 6.46. The molecule has 0 heterocycles. The molecule has 2 aromatic rings. The number of aliphatic carboxylic acids is 1. The molecule has 120 valence electrons. The first-order chi connectivity index (χ1) is 10.8. The van der Waals surface area contributed by atoms with Gasteiger partial charge in [0.25, 0.3) is 0 Å². The number of phenols is 1. The van der Waals surface area contributed by atoms with Gasteiger partial charge in [-0.25, -0.2) is 4.79 Å². The van der Waals surface area contributed by atoms with Crippen molar-refractivity contribution in [3.05, 3.63) is 65.7 Å². The third-order valence-electron chi connectivity index (χ3n) is 3.03. The summed E-state index contributed by atoms with van der Waals surface area (Å²) in [7, 11) is 0. The van der Waals surface area contributed by atoms with Crippen LogP contribution in [0.3, 0.4) is 0 Å². The molecule has 0 radical (unpaired) electrons. The number of carboxylic acids is 1. The lowest BCUT2D eigenvalue weighted by Crippen LogP contribution is -2.47. The van der Waals surface area contributed by atoms with Gasteiger partial charge >= 0.3 is 11.9 Å². The van der Waals surface area contributed by atoms with E-state index in [-0.39, 0.29) is 16.9 Å². The van der Waals surface area contributed by atoms with E-state index in [0.29, 0.717) is 0 Å². The number of rotatable bonds is 5. The molecule has 7 heteroatoms. The van der Waals surface area contributed by atoms with Crippen LogP contribution in [0.25, 0.3) is 0 Å². The second kappa shape index (κ2) is 6.43. The van der Waals surface area contributed by atoms with Gasteiger partial charge < -0.3 is 19.7 Å². The van der Waals surface area contributed by atoms with Gasteiger partial charge in [0.15, 0.2) is 6.10 Å². The average Bonchev–Trinajstić information content (AvgIpc) is 2.53. The monoisotopic (exact) mass is 321 g/mol. The molecule has 1 N–H and O–H groups in total. The number of ether oxygens (including phenoxy) is 1. The van der Waals surface area contributed by atoms with E-state index in [9.17, 15) is 23.5 Å². The summed E-state index contributed by atoms with van der Waals surface area (Å²) in [6, 6.07) is 11.4. The number of hydrogen-bond donors (Lipinski definition) is 1. The van der Waals surface area contributed by atoms with Crippen molar-refractivity contribution in [1.29, 1.82) is 0 Å². The Balaban J connectivity index is 2.33. The number of esters is 1. The number of carboxylic acid groups (broad SMARTS) is 1. The van der Waals surface area contributed by atoms with Gasteiger partial charge in [0, 0.05) is 0 Å². The summed E-state index contributed by atoms with van der Waals surface area (Å²) in [4.78, 5) is 22.7. The minimum absolute atomic E-state index is 0.113. The molecule has 2 aromatic carbocycles. The summed E-state index contributed by atoms with van der Waals surface area (Å²) in [5.41, 5.74) is -0.299. The Morgan fingerprint density at radius 1 is 1.04 bits per heavy atom. The number of benzene rings is 2. The van der Waals surface area contributed by atoms with Crippen molar-refractivity contribution in [1.82, 2.24) is 0 Å². The van der Waals surface area contributed by atoms with Crippen LogP contribution >= 0.6 is 0 Å². The highest BCUT2D eigenvalue weighted by molar-refractivity contribution is 5.90. The second-order valence-corrected chi connectivity index (χ2v) is 4.65. The second-order valence-electron chi connectivity index (χ2n) is 4.65. The number of carbonyl (C=O) groups excluding carboxylic acids is 2. The zero-order valence-electron chi connectivity index (χ0n) is 11.6. The van der Waals surface area contributed by atoms with Gasteiger partial charge in [0.2, 0.25) is 0 Å². The molecule has 2 rings (SSSR count). The number of halogens is 2. The summed E-state index contributed by atoms with van der Waals surface area (Å²) >= 11 is 0. The zero-order chi connectivity index (χ0) is 17.0. The largest absolute Gasteiger partial charge is 0.544 e. The molecule has 0 saturated heterocycles. The van der Waals surface area contributed by atoms with Crippen LogP contribution in [0.4, 0.5) is 8.78 Å². The third kappa shape index (κ3) is 3.63. The molecule has 0 fully saturated rings. The van der Waals surface area contributed by atoms with Gasteiger partial charge in [-0.3, -0.25) is 0 Å². The first-order valence-electron chi connectivity index (χ1n) is 6.46. The maximum absolute atomic E-state index is 13.9. The van der Waals surface area contributed by atoms with E-state index in [1.54, 1.807) is 6.07 Å². The average molecular weight is 321 g/mol. The van der Waals surface area contributed by atoms with Gasteiger partial charge in [0.05, 0.1) is 5.56 Å². The molecule has 0 saturated carbocycles. The summed E-state index contributed by atoms with van der Waals surface area (Å²) in [6.45, 7) is 0. The Labute approximate surface area is 129 Å². The first kappa shape index (κ1) is 16.4. The Hall–Kier alpha value is -2.96. The standard InChI is InChI=1S/C16H12F2O5/c17-16(18,15(21)22)13(10-4-2-1-3-5-10)23-14(20)11-6-8-12(19)9-7-11/h1-9,13,19H,(H,21,22)/p-1. The van der Waals surface area contributed by atoms with E-state index >= 15 is 0 Å². The van der Waals surface area contributed by atoms with E-state index in [4.69, 9.17) is 9.84 Å². The van der Waals surface area contributed by atoms with Crippen molar-refractivity contribution >= 4 is 11.9 Å². The molecule has 0 aliphatic carbocycles. The van der Waals surface area contributed by atoms with Crippen LogP contribution in [-0.4, -0.2) is 23.0 Å². The van der Waals surface area contributed by atoms with Crippen molar-refractivity contribution in [2.24, 2.45) is 0 Å². The molecule has 1 unspecified atom stereocenters. The molecule has 1 atom stereocenters. The van der Waals surface area contributed by atoms with Gasteiger partial charge in [-0.05, 0) is 29.8 Å². The third-order valence-corrected chi connectivity index (χ3v) is 3.03. The van der Waals surface area contributed by atoms with Crippen molar-refractivity contribution in [3.8, 4) is 5.75 Å². The van der Waals surface area contributed by atoms with E-state index in [1.807, 2.05) is 0 Å². The van der Waals surface area contributed by atoms with E-state index in [2.05, 4.69) is 0 Å². The Morgan fingerprint density at radius 3 is 2.13 bits per heavy atom. The highest BCUT2D eigenvalue weighted by atomic mass is 19.3. The van der Waals surface area contributed by atoms with E-state index in [1.165, 1.54) is 36.4 Å². The van der Waals surface area contributed by atoms with Crippen LogP contribution in [0.1, 0.15) is 22.0 Å². The molecule has 0 amide bonds. The summed E-state index contributed by atoms with van der Waals surface area (Å²) in [5, 5.41) is 19.9. The molecular weight excluding hydrogens is 310 g/mol. The molecule has 0 aliphatic heterocycles. The molecular formula is C16H11F2O5-. The quantitative estimate of drug-likeness (QED) is 0.847. The molecule has 0 bridgehead atoms. The zero-order valence-corrected chi connectivity index (χ0v) is 11.6. The fourth-order valence-electron chi connectivity index (χ4n) is 1.86. The molecule has 0 aromatic heterocycles. The molecule has 5 nitrogen and oxygen atoms in total.